The molecule has 0 aliphatic heterocycles. The number of aliphatic hydroxyl groups excluding tert-OH is 1. The van der Waals surface area contributed by atoms with Gasteiger partial charge in [-0.15, -0.1) is 0 Å². The number of aliphatic hydroxyl groups is 1. The summed E-state index contributed by atoms with van der Waals surface area (Å²) < 4.78 is 6.02. The SMILES string of the molecule is CC/C=C\C/C=C\C/C=C\C/C=C\C/C=C\CCCCCCCC(=O)OC(CCC/C=C\C/C=C\CCCCCCC)CCCCCCCC(=O)NCC(=O)NC(CO)C(=O)O. The molecular weight excluding hydrogens is 777 g/mol. The first kappa shape index (κ1) is 58.0. The summed E-state index contributed by atoms with van der Waals surface area (Å²) in [5, 5.41) is 22.6. The molecule has 0 aromatic carbocycles. The van der Waals surface area contributed by atoms with Gasteiger partial charge in [-0.25, -0.2) is 4.79 Å². The van der Waals surface area contributed by atoms with Crippen LogP contribution in [-0.2, 0) is 23.9 Å². The first-order valence-corrected chi connectivity index (χ1v) is 24.5. The van der Waals surface area contributed by atoms with E-state index in [0.29, 0.717) is 12.8 Å². The Balaban J connectivity index is 4.40. The van der Waals surface area contributed by atoms with Crippen LogP contribution in [0, 0.1) is 0 Å². The van der Waals surface area contributed by atoms with Crippen molar-refractivity contribution in [2.24, 2.45) is 0 Å². The molecule has 0 saturated heterocycles. The van der Waals surface area contributed by atoms with Crippen molar-refractivity contribution in [3.8, 4) is 0 Å². The number of ether oxygens (including phenoxy) is 1. The number of carbonyl (C=O) groups is 4. The molecule has 62 heavy (non-hydrogen) atoms. The fraction of sp³-hybridized carbons (Fsp3) is 0.660. The Morgan fingerprint density at radius 1 is 0.500 bits per heavy atom. The van der Waals surface area contributed by atoms with Gasteiger partial charge in [-0.1, -0.05) is 163 Å². The monoisotopic (exact) mass is 865 g/mol. The van der Waals surface area contributed by atoms with Crippen LogP contribution in [0.1, 0.15) is 200 Å². The van der Waals surface area contributed by atoms with E-state index in [1.54, 1.807) is 0 Å². The van der Waals surface area contributed by atoms with E-state index in [-0.39, 0.29) is 30.9 Å². The third-order valence-electron chi connectivity index (χ3n) is 10.4. The fourth-order valence-corrected chi connectivity index (χ4v) is 6.66. The van der Waals surface area contributed by atoms with E-state index in [0.717, 1.165) is 122 Å². The predicted octanol–water partition coefficient (Wildman–Crippen LogP) is 12.8. The average molecular weight is 865 g/mol. The maximum Gasteiger partial charge on any atom is 0.328 e. The van der Waals surface area contributed by atoms with Gasteiger partial charge in [0.2, 0.25) is 11.8 Å². The molecule has 9 heteroatoms. The van der Waals surface area contributed by atoms with Crippen LogP contribution in [0.4, 0.5) is 0 Å². The maximum atomic E-state index is 12.9. The topological polar surface area (TPSA) is 142 Å². The first-order valence-electron chi connectivity index (χ1n) is 24.5. The Morgan fingerprint density at radius 3 is 1.45 bits per heavy atom. The van der Waals surface area contributed by atoms with Crippen LogP contribution >= 0.6 is 0 Å². The number of esters is 1. The molecule has 352 valence electrons. The molecular formula is C53H88N2O7. The van der Waals surface area contributed by atoms with Crippen molar-refractivity contribution in [1.82, 2.24) is 10.6 Å². The summed E-state index contributed by atoms with van der Waals surface area (Å²) in [7, 11) is 0. The normalized spacial score (nSPS) is 13.2. The lowest BCUT2D eigenvalue weighted by molar-refractivity contribution is -0.150. The molecule has 9 nitrogen and oxygen atoms in total. The van der Waals surface area contributed by atoms with E-state index in [9.17, 15) is 19.2 Å². The number of rotatable bonds is 43. The van der Waals surface area contributed by atoms with E-state index >= 15 is 0 Å². The fourth-order valence-electron chi connectivity index (χ4n) is 6.66. The lowest BCUT2D eigenvalue weighted by atomic mass is 10.0. The number of carboxylic acid groups (broad SMARTS) is 1. The quantitative estimate of drug-likeness (QED) is 0.0272. The molecule has 0 saturated carbocycles. The molecule has 2 atom stereocenters. The van der Waals surface area contributed by atoms with Gasteiger partial charge in [0.1, 0.15) is 12.1 Å². The summed E-state index contributed by atoms with van der Waals surface area (Å²) >= 11 is 0. The highest BCUT2D eigenvalue weighted by molar-refractivity contribution is 5.87. The number of hydrogen-bond donors (Lipinski definition) is 4. The minimum absolute atomic E-state index is 0.0737. The molecule has 0 aliphatic carbocycles. The highest BCUT2D eigenvalue weighted by atomic mass is 16.5. The minimum Gasteiger partial charge on any atom is -0.480 e. The number of allylic oxidation sites excluding steroid dienone is 14. The van der Waals surface area contributed by atoms with Gasteiger partial charge in [-0.2, -0.15) is 0 Å². The number of carboxylic acids is 1. The molecule has 2 unspecified atom stereocenters. The standard InChI is InChI=1S/C53H88N2O7/c1-3-5-7-9-11-13-15-17-18-19-20-21-22-23-24-26-28-30-32-37-41-45-52(59)62-48(42-38-34-31-29-27-25-16-14-12-10-8-6-4-2)43-39-35-33-36-40-44-50(57)54-46-51(58)55-49(47-56)53(60)61/h5,7,11,13,16-18,20-21,23-25,29,31,48-49,56H,3-4,6,8-10,12,14-15,19,22,26-28,30,32-47H2,1-2H3,(H,54,57)(H,55,58)(H,60,61)/b7-5-,13-11-,18-17-,21-20-,24-23-,25-16-,31-29-. The largest absolute Gasteiger partial charge is 0.480 e. The van der Waals surface area contributed by atoms with E-state index in [2.05, 4.69) is 110 Å². The van der Waals surface area contributed by atoms with Gasteiger partial charge in [-0.05, 0) is 109 Å². The highest BCUT2D eigenvalue weighted by Crippen LogP contribution is 2.18. The zero-order chi connectivity index (χ0) is 45.4. The second-order valence-electron chi connectivity index (χ2n) is 16.2. The van der Waals surface area contributed by atoms with Crippen LogP contribution in [0.3, 0.4) is 0 Å². The van der Waals surface area contributed by atoms with Crippen molar-refractivity contribution in [2.75, 3.05) is 13.2 Å². The van der Waals surface area contributed by atoms with Gasteiger partial charge in [0.05, 0.1) is 13.2 Å². The van der Waals surface area contributed by atoms with Gasteiger partial charge >= 0.3 is 11.9 Å². The molecule has 2 amide bonds. The Kier molecular flexibility index (Phi) is 43.5. The molecule has 0 radical (unpaired) electrons. The van der Waals surface area contributed by atoms with Crippen LogP contribution in [0.5, 0.6) is 0 Å². The van der Waals surface area contributed by atoms with Crippen LogP contribution in [0.2, 0.25) is 0 Å². The van der Waals surface area contributed by atoms with Crippen LogP contribution in [-0.4, -0.2) is 59.3 Å². The summed E-state index contributed by atoms with van der Waals surface area (Å²) in [4.78, 5) is 47.7. The molecule has 0 aromatic heterocycles. The molecule has 0 fully saturated rings. The minimum atomic E-state index is -1.39. The Bertz CT molecular complexity index is 1310. The number of carbonyl (C=O) groups excluding carboxylic acids is 3. The highest BCUT2D eigenvalue weighted by Gasteiger charge is 2.19. The Morgan fingerprint density at radius 2 is 0.935 bits per heavy atom. The van der Waals surface area contributed by atoms with E-state index < -0.39 is 24.5 Å². The van der Waals surface area contributed by atoms with Crippen molar-refractivity contribution in [2.45, 2.75) is 212 Å². The van der Waals surface area contributed by atoms with Crippen molar-refractivity contribution in [3.05, 3.63) is 85.1 Å². The van der Waals surface area contributed by atoms with Gasteiger partial charge < -0.3 is 25.6 Å². The zero-order valence-electron chi connectivity index (χ0n) is 39.1. The predicted molar refractivity (Wildman–Crippen MR) is 259 cm³/mol. The summed E-state index contributed by atoms with van der Waals surface area (Å²) in [6, 6.07) is -1.39. The van der Waals surface area contributed by atoms with Crippen LogP contribution < -0.4 is 10.6 Å². The summed E-state index contributed by atoms with van der Waals surface area (Å²) in [5.74, 6) is -2.35. The van der Waals surface area contributed by atoms with Gasteiger partial charge in [-0.3, -0.25) is 14.4 Å². The van der Waals surface area contributed by atoms with Crippen molar-refractivity contribution in [1.29, 1.82) is 0 Å². The lowest BCUT2D eigenvalue weighted by Gasteiger charge is -2.18. The number of unbranched alkanes of at least 4 members (excludes halogenated alkanes) is 15. The van der Waals surface area contributed by atoms with E-state index in [1.165, 1.54) is 44.9 Å². The van der Waals surface area contributed by atoms with Crippen molar-refractivity contribution in [3.63, 3.8) is 0 Å². The first-order chi connectivity index (χ1) is 30.3. The molecule has 0 rings (SSSR count). The molecule has 0 heterocycles. The second kappa shape index (κ2) is 46.5. The Hall–Kier alpha value is -3.98. The smallest absolute Gasteiger partial charge is 0.328 e. The average Bonchev–Trinajstić information content (AvgIpc) is 3.26. The molecule has 0 aliphatic rings. The third-order valence-corrected chi connectivity index (χ3v) is 10.4. The van der Waals surface area contributed by atoms with Gasteiger partial charge in [0.15, 0.2) is 0 Å². The number of nitrogens with one attached hydrogen (secondary N) is 2. The van der Waals surface area contributed by atoms with Crippen molar-refractivity contribution >= 4 is 23.8 Å². The number of aliphatic carboxylic acids is 1. The molecule has 0 bridgehead atoms. The van der Waals surface area contributed by atoms with E-state index in [4.69, 9.17) is 14.9 Å². The Labute approximate surface area is 377 Å². The zero-order valence-corrected chi connectivity index (χ0v) is 39.1. The van der Waals surface area contributed by atoms with Crippen molar-refractivity contribution < 1.29 is 34.1 Å². The number of hydrogen-bond acceptors (Lipinski definition) is 6. The van der Waals surface area contributed by atoms with Crippen LogP contribution in [0.15, 0.2) is 85.1 Å². The van der Waals surface area contributed by atoms with Gasteiger partial charge in [0, 0.05) is 12.8 Å². The second-order valence-corrected chi connectivity index (χ2v) is 16.2. The maximum absolute atomic E-state index is 12.9. The molecule has 0 spiro atoms. The molecule has 4 N–H and O–H groups in total. The third kappa shape index (κ3) is 42.7. The summed E-state index contributed by atoms with van der Waals surface area (Å²) in [6.45, 7) is 3.35. The summed E-state index contributed by atoms with van der Waals surface area (Å²) in [6.07, 6.45) is 60.4. The molecule has 0 aromatic rings. The lowest BCUT2D eigenvalue weighted by Crippen LogP contribution is -2.47. The number of amides is 2. The van der Waals surface area contributed by atoms with Crippen LogP contribution in [0.25, 0.3) is 0 Å². The van der Waals surface area contributed by atoms with Gasteiger partial charge in [0.25, 0.3) is 0 Å². The summed E-state index contributed by atoms with van der Waals surface area (Å²) in [5.41, 5.74) is 0. The van der Waals surface area contributed by atoms with E-state index in [1.807, 2.05) is 0 Å².